The van der Waals surface area contributed by atoms with E-state index >= 15 is 0 Å². The van der Waals surface area contributed by atoms with Crippen LogP contribution < -0.4 is 19.7 Å². The Kier molecular flexibility index (Phi) is 7.93. The fraction of sp³-hybridized carbons (Fsp3) is 0.435. The summed E-state index contributed by atoms with van der Waals surface area (Å²) in [5, 5.41) is 3.03. The van der Waals surface area contributed by atoms with E-state index < -0.39 is 0 Å². The normalized spacial score (nSPS) is 15.3. The number of carbonyl (C=O) groups excluding carboxylic acids is 1. The van der Waals surface area contributed by atoms with Crippen LogP contribution in [0.25, 0.3) is 0 Å². The van der Waals surface area contributed by atoms with Gasteiger partial charge in [-0.25, -0.2) is 0 Å². The Bertz CT molecular complexity index is 787. The first-order chi connectivity index (χ1) is 14.6. The highest BCUT2D eigenvalue weighted by Crippen LogP contribution is 2.24. The second-order valence-corrected chi connectivity index (χ2v) is 7.42. The van der Waals surface area contributed by atoms with Gasteiger partial charge in [0.25, 0.3) is 5.91 Å². The molecule has 1 aliphatic heterocycles. The first-order valence-electron chi connectivity index (χ1n) is 10.2. The number of hydrogen-bond acceptors (Lipinski definition) is 6. The number of hydrogen-bond donors (Lipinski definition) is 1. The van der Waals surface area contributed by atoms with Gasteiger partial charge in [-0.05, 0) is 42.0 Å². The third-order valence-corrected chi connectivity index (χ3v) is 5.20. The topological polar surface area (TPSA) is 63.3 Å². The summed E-state index contributed by atoms with van der Waals surface area (Å²) in [7, 11) is 5.66. The van der Waals surface area contributed by atoms with Crippen LogP contribution in [0.1, 0.15) is 11.6 Å². The largest absolute Gasteiger partial charge is 0.497 e. The number of amides is 1. The van der Waals surface area contributed by atoms with Crippen molar-refractivity contribution in [2.75, 3.05) is 65.6 Å². The minimum Gasteiger partial charge on any atom is -0.497 e. The Balaban J connectivity index is 1.58. The van der Waals surface area contributed by atoms with Gasteiger partial charge in [0.2, 0.25) is 0 Å². The second-order valence-electron chi connectivity index (χ2n) is 7.42. The maximum Gasteiger partial charge on any atom is 0.258 e. The molecule has 0 aliphatic carbocycles. The molecule has 2 aromatic carbocycles. The Morgan fingerprint density at radius 2 is 1.70 bits per heavy atom. The lowest BCUT2D eigenvalue weighted by molar-refractivity contribution is -0.123. The maximum absolute atomic E-state index is 12.4. The molecule has 7 nitrogen and oxygen atoms in total. The van der Waals surface area contributed by atoms with Gasteiger partial charge in [0.05, 0.1) is 26.4 Å². The van der Waals surface area contributed by atoms with E-state index in [0.29, 0.717) is 25.5 Å². The van der Waals surface area contributed by atoms with Crippen LogP contribution in [0.4, 0.5) is 5.69 Å². The SMILES string of the molecule is COc1ccc(OCC(=O)NCC(c2ccc(N(C)C)cc2)N2CCOCC2)cc1. The van der Waals surface area contributed by atoms with Crippen molar-refractivity contribution >= 4 is 11.6 Å². The van der Waals surface area contributed by atoms with Gasteiger partial charge in [-0.15, -0.1) is 0 Å². The van der Waals surface area contributed by atoms with E-state index in [0.717, 1.165) is 24.5 Å². The lowest BCUT2D eigenvalue weighted by atomic mass is 10.0. The molecule has 1 N–H and O–H groups in total. The average molecular weight is 414 g/mol. The average Bonchev–Trinajstić information content (AvgIpc) is 2.79. The monoisotopic (exact) mass is 413 g/mol. The van der Waals surface area contributed by atoms with E-state index in [1.165, 1.54) is 5.56 Å². The van der Waals surface area contributed by atoms with Gasteiger partial charge in [-0.3, -0.25) is 9.69 Å². The highest BCUT2D eigenvalue weighted by Gasteiger charge is 2.23. The van der Waals surface area contributed by atoms with Crippen molar-refractivity contribution in [2.24, 2.45) is 0 Å². The van der Waals surface area contributed by atoms with E-state index in [1.54, 1.807) is 31.4 Å². The summed E-state index contributed by atoms with van der Waals surface area (Å²) >= 11 is 0. The molecule has 1 heterocycles. The van der Waals surface area contributed by atoms with Gasteiger partial charge in [-0.1, -0.05) is 12.1 Å². The van der Waals surface area contributed by atoms with Crippen LogP contribution in [0.5, 0.6) is 11.5 Å². The maximum atomic E-state index is 12.4. The zero-order valence-electron chi connectivity index (χ0n) is 18.0. The lowest BCUT2D eigenvalue weighted by Gasteiger charge is -2.35. The molecule has 1 fully saturated rings. The Morgan fingerprint density at radius 1 is 1.07 bits per heavy atom. The number of nitrogens with zero attached hydrogens (tertiary/aromatic N) is 2. The molecule has 0 spiro atoms. The number of methoxy groups -OCH3 is 1. The summed E-state index contributed by atoms with van der Waals surface area (Å²) in [5.41, 5.74) is 2.33. The number of nitrogens with one attached hydrogen (secondary N) is 1. The number of ether oxygens (including phenoxy) is 3. The molecule has 162 valence electrons. The fourth-order valence-electron chi connectivity index (χ4n) is 3.42. The van der Waals surface area contributed by atoms with Crippen molar-refractivity contribution in [1.82, 2.24) is 10.2 Å². The number of anilines is 1. The number of rotatable bonds is 9. The molecule has 0 bridgehead atoms. The van der Waals surface area contributed by atoms with Gasteiger partial charge >= 0.3 is 0 Å². The smallest absolute Gasteiger partial charge is 0.258 e. The number of benzene rings is 2. The fourth-order valence-corrected chi connectivity index (χ4v) is 3.42. The highest BCUT2D eigenvalue weighted by molar-refractivity contribution is 5.77. The number of carbonyl (C=O) groups is 1. The van der Waals surface area contributed by atoms with Crippen LogP contribution in [-0.4, -0.2) is 71.5 Å². The van der Waals surface area contributed by atoms with Crippen molar-refractivity contribution in [3.8, 4) is 11.5 Å². The summed E-state index contributed by atoms with van der Waals surface area (Å²) in [5.74, 6) is 1.24. The Labute approximate surface area is 178 Å². The first-order valence-corrected chi connectivity index (χ1v) is 10.2. The predicted octanol–water partition coefficient (Wildman–Crippen LogP) is 2.33. The second kappa shape index (κ2) is 10.8. The third kappa shape index (κ3) is 6.11. The third-order valence-electron chi connectivity index (χ3n) is 5.20. The summed E-state index contributed by atoms with van der Waals surface area (Å²) in [4.78, 5) is 16.8. The summed E-state index contributed by atoms with van der Waals surface area (Å²) in [6.07, 6.45) is 0. The standard InChI is InChI=1S/C23H31N3O4/c1-25(2)19-6-4-18(5-7-19)22(26-12-14-29-15-13-26)16-24-23(27)17-30-21-10-8-20(28-3)9-11-21/h4-11,22H,12-17H2,1-3H3,(H,24,27). The lowest BCUT2D eigenvalue weighted by Crippen LogP contribution is -2.44. The van der Waals surface area contributed by atoms with Gasteiger partial charge in [-0.2, -0.15) is 0 Å². The number of morpholine rings is 1. The molecule has 2 aromatic rings. The molecule has 1 aliphatic rings. The summed E-state index contributed by atoms with van der Waals surface area (Å²) in [6, 6.07) is 15.8. The molecule has 0 aromatic heterocycles. The van der Waals surface area contributed by atoms with Gasteiger partial charge in [0.1, 0.15) is 11.5 Å². The molecule has 30 heavy (non-hydrogen) atoms. The zero-order chi connectivity index (χ0) is 21.3. The molecule has 0 radical (unpaired) electrons. The minimum absolute atomic E-state index is 0.0261. The van der Waals surface area contributed by atoms with Gasteiger partial charge in [0.15, 0.2) is 6.61 Å². The van der Waals surface area contributed by atoms with Gasteiger partial charge in [0, 0.05) is 39.4 Å². The van der Waals surface area contributed by atoms with Crippen LogP contribution >= 0.6 is 0 Å². The van der Waals surface area contributed by atoms with Crippen LogP contribution in [0.15, 0.2) is 48.5 Å². The van der Waals surface area contributed by atoms with E-state index in [2.05, 4.69) is 39.4 Å². The molecule has 1 unspecified atom stereocenters. The van der Waals surface area contributed by atoms with Crippen molar-refractivity contribution in [3.63, 3.8) is 0 Å². The van der Waals surface area contributed by atoms with E-state index in [-0.39, 0.29) is 18.6 Å². The van der Waals surface area contributed by atoms with Crippen molar-refractivity contribution in [2.45, 2.75) is 6.04 Å². The molecule has 3 rings (SSSR count). The van der Waals surface area contributed by atoms with Crippen LogP contribution in [-0.2, 0) is 9.53 Å². The van der Waals surface area contributed by atoms with Crippen LogP contribution in [0.2, 0.25) is 0 Å². The van der Waals surface area contributed by atoms with Crippen LogP contribution in [0.3, 0.4) is 0 Å². The van der Waals surface area contributed by atoms with E-state index in [4.69, 9.17) is 14.2 Å². The van der Waals surface area contributed by atoms with Crippen molar-refractivity contribution in [3.05, 3.63) is 54.1 Å². The molecular weight excluding hydrogens is 382 g/mol. The summed E-state index contributed by atoms with van der Waals surface area (Å²) < 4.78 is 16.2. The van der Waals surface area contributed by atoms with Crippen LogP contribution in [0, 0.1) is 0 Å². The van der Waals surface area contributed by atoms with Crippen molar-refractivity contribution < 1.29 is 19.0 Å². The highest BCUT2D eigenvalue weighted by atomic mass is 16.5. The first kappa shape index (κ1) is 21.9. The molecule has 7 heteroatoms. The molecular formula is C23H31N3O4. The molecule has 1 amide bonds. The van der Waals surface area contributed by atoms with Gasteiger partial charge < -0.3 is 24.4 Å². The molecule has 0 saturated carbocycles. The molecule has 1 atom stereocenters. The zero-order valence-corrected chi connectivity index (χ0v) is 18.0. The van der Waals surface area contributed by atoms with E-state index in [9.17, 15) is 4.79 Å². The van der Waals surface area contributed by atoms with Crippen molar-refractivity contribution in [1.29, 1.82) is 0 Å². The Hall–Kier alpha value is -2.77. The Morgan fingerprint density at radius 3 is 2.30 bits per heavy atom. The quantitative estimate of drug-likeness (QED) is 0.681. The molecule has 1 saturated heterocycles. The van der Waals surface area contributed by atoms with E-state index in [1.807, 2.05) is 14.1 Å². The predicted molar refractivity (Wildman–Crippen MR) is 117 cm³/mol. The minimum atomic E-state index is -0.144. The summed E-state index contributed by atoms with van der Waals surface area (Å²) in [6.45, 7) is 3.60.